The fraction of sp³-hybridized carbons (Fsp3) is 0.500. The van der Waals surface area contributed by atoms with Crippen molar-refractivity contribution < 1.29 is 5.11 Å². The number of benzene rings is 2. The van der Waals surface area contributed by atoms with Crippen LogP contribution >= 0.6 is 11.6 Å². The summed E-state index contributed by atoms with van der Waals surface area (Å²) in [6.07, 6.45) is 4.87. The summed E-state index contributed by atoms with van der Waals surface area (Å²) in [6.45, 7) is 7.55. The van der Waals surface area contributed by atoms with Gasteiger partial charge in [0.25, 0.3) is 0 Å². The Morgan fingerprint density at radius 3 is 2.63 bits per heavy atom. The molecule has 0 fully saturated rings. The van der Waals surface area contributed by atoms with Crippen LogP contribution in [0.1, 0.15) is 62.1 Å². The second kappa shape index (κ2) is 9.23. The van der Waals surface area contributed by atoms with Crippen LogP contribution in [-0.2, 0) is 12.0 Å². The lowest BCUT2D eigenvalue weighted by Crippen LogP contribution is -2.35. The molecule has 146 valence electrons. The maximum atomic E-state index is 12.1. The molecule has 3 heteroatoms. The zero-order chi connectivity index (χ0) is 19.3. The highest BCUT2D eigenvalue weighted by molar-refractivity contribution is 6.30. The summed E-state index contributed by atoms with van der Waals surface area (Å²) in [5.41, 5.74) is 2.73. The molecule has 0 heterocycles. The van der Waals surface area contributed by atoms with Gasteiger partial charge in [0.05, 0.1) is 5.60 Å². The van der Waals surface area contributed by atoms with E-state index >= 15 is 0 Å². The van der Waals surface area contributed by atoms with Crippen LogP contribution < -0.4 is 0 Å². The summed E-state index contributed by atoms with van der Waals surface area (Å²) in [5.74, 6) is 0.0801. The number of hydrogen-bond donors (Lipinski definition) is 1. The maximum absolute atomic E-state index is 12.1. The van der Waals surface area contributed by atoms with Crippen molar-refractivity contribution in [2.24, 2.45) is 0 Å². The van der Waals surface area contributed by atoms with E-state index in [9.17, 15) is 5.11 Å². The molecule has 1 aliphatic carbocycles. The normalized spacial score (nSPS) is 22.5. The fourth-order valence-electron chi connectivity index (χ4n) is 4.67. The lowest BCUT2D eigenvalue weighted by molar-refractivity contribution is -0.00670. The Morgan fingerprint density at radius 2 is 1.89 bits per heavy atom. The average Bonchev–Trinajstić information content (AvgIpc) is 2.82. The number of fused-ring (bicyclic) bond motifs is 1. The largest absolute Gasteiger partial charge is 0.385 e. The highest BCUT2D eigenvalue weighted by Gasteiger charge is 2.41. The zero-order valence-electron chi connectivity index (χ0n) is 16.6. The predicted octanol–water partition coefficient (Wildman–Crippen LogP) is 5.77. The standard InChI is InChI=1S/C24H32ClNO/c1-3-26(4-2)17-9-16-24(27)22-14-6-5-10-19(22)11-8-15-23(24)20-12-7-13-21(25)18-20/h5-7,10,12-14,18,23,27H,3-4,8-9,11,15-17H2,1-2H3/t23-,24-/m0/s1. The van der Waals surface area contributed by atoms with Crippen LogP contribution in [-0.4, -0.2) is 29.6 Å². The number of hydrogen-bond acceptors (Lipinski definition) is 2. The second-order valence-electron chi connectivity index (χ2n) is 7.71. The van der Waals surface area contributed by atoms with Crippen LogP contribution in [0, 0.1) is 0 Å². The Bertz CT molecular complexity index is 743. The topological polar surface area (TPSA) is 23.5 Å². The van der Waals surface area contributed by atoms with Gasteiger partial charge in [0.2, 0.25) is 0 Å². The Morgan fingerprint density at radius 1 is 1.11 bits per heavy atom. The van der Waals surface area contributed by atoms with E-state index in [2.05, 4.69) is 49.1 Å². The van der Waals surface area contributed by atoms with E-state index in [1.54, 1.807) is 0 Å². The molecular weight excluding hydrogens is 354 g/mol. The first-order valence-corrected chi connectivity index (χ1v) is 10.7. The van der Waals surface area contributed by atoms with Gasteiger partial charge in [-0.15, -0.1) is 0 Å². The van der Waals surface area contributed by atoms with Crippen LogP contribution in [0.25, 0.3) is 0 Å². The minimum atomic E-state index is -0.842. The molecule has 27 heavy (non-hydrogen) atoms. The van der Waals surface area contributed by atoms with E-state index in [4.69, 9.17) is 11.6 Å². The first kappa shape index (κ1) is 20.4. The van der Waals surface area contributed by atoms with Gasteiger partial charge in [-0.25, -0.2) is 0 Å². The minimum absolute atomic E-state index is 0.0801. The molecule has 2 atom stereocenters. The van der Waals surface area contributed by atoms with Crippen molar-refractivity contribution in [3.05, 3.63) is 70.2 Å². The van der Waals surface area contributed by atoms with Crippen molar-refractivity contribution in [1.82, 2.24) is 4.90 Å². The summed E-state index contributed by atoms with van der Waals surface area (Å²) in [6, 6.07) is 16.6. The first-order valence-electron chi connectivity index (χ1n) is 10.4. The summed E-state index contributed by atoms with van der Waals surface area (Å²) in [5, 5.41) is 12.9. The lowest BCUT2D eigenvalue weighted by Gasteiger charge is -2.37. The van der Waals surface area contributed by atoms with Gasteiger partial charge < -0.3 is 10.0 Å². The Hall–Kier alpha value is -1.35. The molecule has 0 unspecified atom stereocenters. The predicted molar refractivity (Wildman–Crippen MR) is 114 cm³/mol. The Labute approximate surface area is 169 Å². The van der Waals surface area contributed by atoms with E-state index < -0.39 is 5.60 Å². The molecule has 2 nitrogen and oxygen atoms in total. The SMILES string of the molecule is CCN(CC)CCC[C@]1(O)c2ccccc2CCC[C@H]1c1cccc(Cl)c1. The average molecular weight is 386 g/mol. The number of aliphatic hydroxyl groups is 1. The van der Waals surface area contributed by atoms with Gasteiger partial charge in [-0.3, -0.25) is 0 Å². The van der Waals surface area contributed by atoms with Crippen molar-refractivity contribution in [2.75, 3.05) is 19.6 Å². The van der Waals surface area contributed by atoms with E-state index in [1.165, 1.54) is 5.56 Å². The molecule has 0 aliphatic heterocycles. The van der Waals surface area contributed by atoms with Crippen molar-refractivity contribution in [3.8, 4) is 0 Å². The molecule has 1 N–H and O–H groups in total. The highest BCUT2D eigenvalue weighted by atomic mass is 35.5. The van der Waals surface area contributed by atoms with Crippen LogP contribution in [0.15, 0.2) is 48.5 Å². The monoisotopic (exact) mass is 385 g/mol. The molecule has 0 saturated heterocycles. The number of rotatable bonds is 7. The van der Waals surface area contributed by atoms with Crippen molar-refractivity contribution in [2.45, 2.75) is 57.5 Å². The molecule has 0 radical (unpaired) electrons. The zero-order valence-corrected chi connectivity index (χ0v) is 17.4. The van der Waals surface area contributed by atoms with Crippen LogP contribution in [0.5, 0.6) is 0 Å². The van der Waals surface area contributed by atoms with Crippen molar-refractivity contribution >= 4 is 11.6 Å². The molecule has 0 saturated carbocycles. The summed E-state index contributed by atoms with van der Waals surface area (Å²) >= 11 is 6.29. The van der Waals surface area contributed by atoms with E-state index in [1.807, 2.05) is 18.2 Å². The number of aryl methyl sites for hydroxylation is 1. The smallest absolute Gasteiger partial charge is 0.0967 e. The van der Waals surface area contributed by atoms with Crippen LogP contribution in [0.3, 0.4) is 0 Å². The van der Waals surface area contributed by atoms with Gasteiger partial charge >= 0.3 is 0 Å². The van der Waals surface area contributed by atoms with Gasteiger partial charge in [0.1, 0.15) is 0 Å². The van der Waals surface area contributed by atoms with E-state index in [-0.39, 0.29) is 5.92 Å². The quantitative estimate of drug-likeness (QED) is 0.611. The summed E-state index contributed by atoms with van der Waals surface area (Å²) in [7, 11) is 0. The molecule has 3 rings (SSSR count). The third-order valence-electron chi connectivity index (χ3n) is 6.18. The molecule has 1 aliphatic rings. The maximum Gasteiger partial charge on any atom is 0.0967 e. The second-order valence-corrected chi connectivity index (χ2v) is 8.15. The third kappa shape index (κ3) is 4.56. The van der Waals surface area contributed by atoms with Crippen LogP contribution in [0.4, 0.5) is 0 Å². The summed E-state index contributed by atoms with van der Waals surface area (Å²) in [4.78, 5) is 2.43. The number of nitrogens with zero attached hydrogens (tertiary/aromatic N) is 1. The van der Waals surface area contributed by atoms with E-state index in [0.29, 0.717) is 0 Å². The van der Waals surface area contributed by atoms with Gasteiger partial charge in [-0.05, 0) is 80.6 Å². The first-order chi connectivity index (χ1) is 13.1. The summed E-state index contributed by atoms with van der Waals surface area (Å²) < 4.78 is 0. The molecular formula is C24H32ClNO. The lowest BCUT2D eigenvalue weighted by atomic mass is 9.73. The van der Waals surface area contributed by atoms with E-state index in [0.717, 1.165) is 67.9 Å². The molecule has 2 aromatic rings. The Kier molecular flexibility index (Phi) is 6.97. The molecule has 0 amide bonds. The van der Waals surface area contributed by atoms with Gasteiger partial charge in [-0.2, -0.15) is 0 Å². The van der Waals surface area contributed by atoms with Crippen LogP contribution in [0.2, 0.25) is 5.02 Å². The third-order valence-corrected chi connectivity index (χ3v) is 6.41. The minimum Gasteiger partial charge on any atom is -0.385 e. The van der Waals surface area contributed by atoms with Gasteiger partial charge in [-0.1, -0.05) is 61.8 Å². The van der Waals surface area contributed by atoms with Gasteiger partial charge in [0, 0.05) is 10.9 Å². The Balaban J connectivity index is 1.95. The van der Waals surface area contributed by atoms with Gasteiger partial charge in [0.15, 0.2) is 0 Å². The molecule has 0 spiro atoms. The highest BCUT2D eigenvalue weighted by Crippen LogP contribution is 2.47. The van der Waals surface area contributed by atoms with Crippen molar-refractivity contribution in [1.29, 1.82) is 0 Å². The fourth-order valence-corrected chi connectivity index (χ4v) is 4.87. The molecule has 0 aromatic heterocycles. The molecule has 0 bridgehead atoms. The number of halogens is 1. The molecule has 2 aromatic carbocycles. The van der Waals surface area contributed by atoms with Crippen molar-refractivity contribution in [3.63, 3.8) is 0 Å².